The summed E-state index contributed by atoms with van der Waals surface area (Å²) in [5.41, 5.74) is 6.44. The molecule has 0 saturated carbocycles. The lowest BCUT2D eigenvalue weighted by Crippen LogP contribution is -2.41. The molecule has 3 aromatic heterocycles. The van der Waals surface area contributed by atoms with E-state index in [1.807, 2.05) is 75.2 Å². The quantitative estimate of drug-likeness (QED) is 0.128. The standard InChI is InChI=1S/C36H38BN3O5S2/c1-7-40-30-9-8-28(21(2)32(30)38-39-40)29(24-14-22-10-12-46-33(22)25(15-24)19-41)18-31(42)43-20-26-17-27(16-23-11-13-47-34(23)26)37-44-35(3,4)36(5,6)45-37/h8-17,29,41H,7,18-20H2,1-6H3. The van der Waals surface area contributed by atoms with Gasteiger partial charge in [0.25, 0.3) is 0 Å². The predicted octanol–water partition coefficient (Wildman–Crippen LogP) is 7.25. The minimum Gasteiger partial charge on any atom is -0.461 e. The first-order valence-corrected chi connectivity index (χ1v) is 17.7. The number of benzene rings is 3. The Labute approximate surface area is 282 Å². The van der Waals surface area contributed by atoms with Crippen molar-refractivity contribution in [2.45, 2.75) is 84.8 Å². The Balaban J connectivity index is 1.21. The first kappa shape index (κ1) is 32.0. The maximum absolute atomic E-state index is 13.8. The van der Waals surface area contributed by atoms with Crippen molar-refractivity contribution in [2.24, 2.45) is 0 Å². The first-order chi connectivity index (χ1) is 22.5. The molecule has 11 heteroatoms. The Morgan fingerprint density at radius 1 is 0.979 bits per heavy atom. The topological polar surface area (TPSA) is 95.7 Å². The largest absolute Gasteiger partial charge is 0.494 e. The van der Waals surface area contributed by atoms with Crippen LogP contribution in [0.15, 0.2) is 59.3 Å². The molecule has 1 aliphatic rings. The molecular formula is C36H38BN3O5S2. The number of rotatable bonds is 9. The van der Waals surface area contributed by atoms with Gasteiger partial charge in [-0.15, -0.1) is 27.8 Å². The number of nitrogens with zero attached hydrogens (tertiary/aromatic N) is 3. The van der Waals surface area contributed by atoms with Crippen molar-refractivity contribution < 1.29 is 23.9 Å². The third-order valence-electron chi connectivity index (χ3n) is 9.82. The molecule has 3 aromatic carbocycles. The lowest BCUT2D eigenvalue weighted by atomic mass is 9.78. The monoisotopic (exact) mass is 667 g/mol. The third-order valence-corrected chi connectivity index (χ3v) is 11.8. The van der Waals surface area contributed by atoms with Crippen molar-refractivity contribution in [3.05, 3.63) is 87.1 Å². The molecule has 0 spiro atoms. The fourth-order valence-corrected chi connectivity index (χ4v) is 8.26. The van der Waals surface area contributed by atoms with Gasteiger partial charge in [-0.05, 0) is 115 Å². The molecule has 0 bridgehead atoms. The fourth-order valence-electron chi connectivity index (χ4n) is 6.49. The molecule has 1 aliphatic heterocycles. The number of ether oxygens (including phenoxy) is 1. The van der Waals surface area contributed by atoms with Crippen molar-refractivity contribution in [1.82, 2.24) is 15.0 Å². The van der Waals surface area contributed by atoms with Gasteiger partial charge in [0.05, 0.1) is 29.7 Å². The van der Waals surface area contributed by atoms with E-state index >= 15 is 0 Å². The summed E-state index contributed by atoms with van der Waals surface area (Å²) < 4.78 is 22.8. The molecule has 1 N–H and O–H groups in total. The average Bonchev–Trinajstić information content (AvgIpc) is 3.84. The minimum absolute atomic E-state index is 0.0825. The van der Waals surface area contributed by atoms with Gasteiger partial charge in [-0.2, -0.15) is 0 Å². The van der Waals surface area contributed by atoms with Crippen molar-refractivity contribution in [3.63, 3.8) is 0 Å². The predicted molar refractivity (Wildman–Crippen MR) is 189 cm³/mol. The highest BCUT2D eigenvalue weighted by atomic mass is 32.1. The van der Waals surface area contributed by atoms with Crippen LogP contribution < -0.4 is 5.46 Å². The second kappa shape index (κ2) is 12.1. The van der Waals surface area contributed by atoms with Crippen molar-refractivity contribution in [3.8, 4) is 0 Å². The van der Waals surface area contributed by atoms with Crippen molar-refractivity contribution >= 4 is 72.4 Å². The summed E-state index contributed by atoms with van der Waals surface area (Å²) in [4.78, 5) is 13.8. The molecule has 1 atom stereocenters. The number of thiophene rings is 2. The summed E-state index contributed by atoms with van der Waals surface area (Å²) in [7, 11) is -0.514. The number of esters is 1. The van der Waals surface area contributed by atoms with Gasteiger partial charge < -0.3 is 19.2 Å². The maximum atomic E-state index is 13.8. The zero-order chi connectivity index (χ0) is 33.1. The SMILES string of the molecule is CCn1nnc2c(C)c(C(CC(=O)OCc3cc(B4OC(C)(C)C(C)(C)O4)cc4ccsc34)c3cc(CO)c4sccc4c3)ccc21. The molecule has 1 unspecified atom stereocenters. The molecule has 6 aromatic rings. The average molecular weight is 668 g/mol. The molecule has 47 heavy (non-hydrogen) atoms. The maximum Gasteiger partial charge on any atom is 0.494 e. The molecule has 242 valence electrons. The van der Waals surface area contributed by atoms with Gasteiger partial charge in [-0.25, -0.2) is 4.68 Å². The lowest BCUT2D eigenvalue weighted by molar-refractivity contribution is -0.145. The number of carbonyl (C=O) groups excluding carboxylic acids is 1. The zero-order valence-electron chi connectivity index (χ0n) is 27.5. The Bertz CT molecular complexity index is 2120. The van der Waals surface area contributed by atoms with E-state index in [1.165, 1.54) is 0 Å². The van der Waals surface area contributed by atoms with Gasteiger partial charge in [0.1, 0.15) is 12.1 Å². The highest BCUT2D eigenvalue weighted by Gasteiger charge is 2.51. The highest BCUT2D eigenvalue weighted by Crippen LogP contribution is 2.39. The number of aliphatic hydroxyl groups is 1. The van der Waals surface area contributed by atoms with E-state index in [0.29, 0.717) is 6.54 Å². The Morgan fingerprint density at radius 3 is 2.34 bits per heavy atom. The van der Waals surface area contributed by atoms with Crippen LogP contribution in [0.4, 0.5) is 0 Å². The number of hydrogen-bond donors (Lipinski definition) is 1. The van der Waals surface area contributed by atoms with E-state index in [0.717, 1.165) is 64.5 Å². The van der Waals surface area contributed by atoms with Crippen LogP contribution in [0.2, 0.25) is 0 Å². The number of aliphatic hydroxyl groups excluding tert-OH is 1. The van der Waals surface area contributed by atoms with E-state index in [1.54, 1.807) is 22.7 Å². The Morgan fingerprint density at radius 2 is 1.66 bits per heavy atom. The van der Waals surface area contributed by atoms with Crippen LogP contribution in [0, 0.1) is 6.92 Å². The van der Waals surface area contributed by atoms with Crippen LogP contribution in [0.3, 0.4) is 0 Å². The van der Waals surface area contributed by atoms with Crippen LogP contribution in [0.5, 0.6) is 0 Å². The molecule has 4 heterocycles. The van der Waals surface area contributed by atoms with E-state index in [9.17, 15) is 9.90 Å². The van der Waals surface area contributed by atoms with Crippen LogP contribution in [0.25, 0.3) is 31.2 Å². The van der Waals surface area contributed by atoms with E-state index in [4.69, 9.17) is 14.0 Å². The van der Waals surface area contributed by atoms with Gasteiger partial charge >= 0.3 is 13.1 Å². The molecule has 0 radical (unpaired) electrons. The molecule has 8 nitrogen and oxygen atoms in total. The summed E-state index contributed by atoms with van der Waals surface area (Å²) in [6, 6.07) is 16.5. The molecule has 0 amide bonds. The Hall–Kier alpha value is -3.61. The summed E-state index contributed by atoms with van der Waals surface area (Å²) in [5, 5.41) is 25.3. The zero-order valence-corrected chi connectivity index (χ0v) is 29.1. The van der Waals surface area contributed by atoms with Crippen LogP contribution in [-0.4, -0.2) is 44.4 Å². The lowest BCUT2D eigenvalue weighted by Gasteiger charge is -2.32. The normalized spacial score (nSPS) is 16.4. The van der Waals surface area contributed by atoms with Crippen molar-refractivity contribution in [1.29, 1.82) is 0 Å². The van der Waals surface area contributed by atoms with E-state index in [2.05, 4.69) is 40.6 Å². The van der Waals surface area contributed by atoms with Crippen LogP contribution >= 0.6 is 22.7 Å². The molecular weight excluding hydrogens is 629 g/mol. The van der Waals surface area contributed by atoms with Gasteiger partial charge in [0.15, 0.2) is 0 Å². The van der Waals surface area contributed by atoms with E-state index in [-0.39, 0.29) is 31.5 Å². The number of carbonyl (C=O) groups is 1. The van der Waals surface area contributed by atoms with Gasteiger partial charge in [-0.1, -0.05) is 29.5 Å². The summed E-state index contributed by atoms with van der Waals surface area (Å²) >= 11 is 3.23. The molecule has 0 aliphatic carbocycles. The second-order valence-corrected chi connectivity index (χ2v) is 15.1. The first-order valence-electron chi connectivity index (χ1n) is 15.9. The summed E-state index contributed by atoms with van der Waals surface area (Å²) in [5.74, 6) is -0.625. The smallest absolute Gasteiger partial charge is 0.461 e. The molecule has 1 saturated heterocycles. The van der Waals surface area contributed by atoms with Gasteiger partial charge in [0.2, 0.25) is 0 Å². The van der Waals surface area contributed by atoms with Crippen molar-refractivity contribution in [2.75, 3.05) is 0 Å². The van der Waals surface area contributed by atoms with Gasteiger partial charge in [0, 0.05) is 27.4 Å². The fraction of sp³-hybridized carbons (Fsp3) is 0.361. The Kier molecular flexibility index (Phi) is 8.25. The highest BCUT2D eigenvalue weighted by molar-refractivity contribution is 7.17. The number of hydrogen-bond acceptors (Lipinski definition) is 9. The van der Waals surface area contributed by atoms with Crippen LogP contribution in [-0.2, 0) is 38.6 Å². The number of aryl methyl sites for hydroxylation is 2. The number of fused-ring (bicyclic) bond motifs is 3. The van der Waals surface area contributed by atoms with Gasteiger partial charge in [-0.3, -0.25) is 4.79 Å². The summed E-state index contributed by atoms with van der Waals surface area (Å²) in [6.45, 7) is 13.0. The van der Waals surface area contributed by atoms with Crippen LogP contribution in [0.1, 0.15) is 74.8 Å². The van der Waals surface area contributed by atoms with E-state index < -0.39 is 18.3 Å². The molecule has 1 fully saturated rings. The number of aromatic nitrogens is 3. The molecule has 7 rings (SSSR count). The second-order valence-electron chi connectivity index (χ2n) is 13.3. The summed E-state index contributed by atoms with van der Waals surface area (Å²) in [6.07, 6.45) is 0.124. The minimum atomic E-state index is -0.514. The third kappa shape index (κ3) is 5.68.